The van der Waals surface area contributed by atoms with E-state index in [1.807, 2.05) is 12.1 Å². The summed E-state index contributed by atoms with van der Waals surface area (Å²) in [7, 11) is 0. The first-order valence-electron chi connectivity index (χ1n) is 7.40. The van der Waals surface area contributed by atoms with E-state index < -0.39 is 0 Å². The first kappa shape index (κ1) is 13.6. The minimum Gasteiger partial charge on any atom is -0.379 e. The van der Waals surface area contributed by atoms with Crippen molar-refractivity contribution in [2.24, 2.45) is 5.73 Å². The molecule has 2 N–H and O–H groups in total. The monoisotopic (exact) mass is 274 g/mol. The normalized spacial score (nSPS) is 21.6. The summed E-state index contributed by atoms with van der Waals surface area (Å²) >= 11 is 0. The van der Waals surface area contributed by atoms with Gasteiger partial charge in [0, 0.05) is 18.7 Å². The quantitative estimate of drug-likeness (QED) is 0.886. The summed E-state index contributed by atoms with van der Waals surface area (Å²) in [6.07, 6.45) is 3.71. The highest BCUT2D eigenvalue weighted by atomic mass is 16.5. The highest BCUT2D eigenvalue weighted by molar-refractivity contribution is 5.92. The Morgan fingerprint density at radius 3 is 2.40 bits per heavy atom. The van der Waals surface area contributed by atoms with Crippen molar-refractivity contribution in [2.75, 3.05) is 32.8 Å². The van der Waals surface area contributed by atoms with E-state index in [2.05, 4.69) is 17.0 Å². The molecule has 1 saturated carbocycles. The van der Waals surface area contributed by atoms with E-state index in [0.717, 1.165) is 32.8 Å². The molecule has 1 heterocycles. The van der Waals surface area contributed by atoms with Gasteiger partial charge in [-0.2, -0.15) is 0 Å². The number of morpholine rings is 1. The number of nitrogens with two attached hydrogens (primary N) is 1. The van der Waals surface area contributed by atoms with Crippen LogP contribution in [-0.2, 0) is 10.2 Å². The van der Waals surface area contributed by atoms with Gasteiger partial charge in [0.25, 0.3) is 0 Å². The molecule has 2 aliphatic rings. The Balaban J connectivity index is 1.61. The molecule has 1 aromatic rings. The van der Waals surface area contributed by atoms with Gasteiger partial charge in [-0.25, -0.2) is 0 Å². The molecule has 0 aromatic heterocycles. The van der Waals surface area contributed by atoms with E-state index in [1.54, 1.807) is 0 Å². The van der Waals surface area contributed by atoms with E-state index in [1.165, 1.54) is 24.8 Å². The standard InChI is InChI=1S/C16H22N2O2/c17-15(19)13-1-3-14(4-2-13)16(5-6-16)7-8-18-9-11-20-12-10-18/h1-4H,5-12H2,(H2,17,19). The molecule has 4 heteroatoms. The van der Waals surface area contributed by atoms with E-state index in [0.29, 0.717) is 11.0 Å². The predicted molar refractivity (Wildman–Crippen MR) is 77.7 cm³/mol. The maximum atomic E-state index is 11.1. The van der Waals surface area contributed by atoms with E-state index in [9.17, 15) is 4.79 Å². The van der Waals surface area contributed by atoms with Crippen LogP contribution in [-0.4, -0.2) is 43.7 Å². The molecule has 0 bridgehead atoms. The minimum absolute atomic E-state index is 0.342. The maximum Gasteiger partial charge on any atom is 0.248 e. The molecule has 1 saturated heterocycles. The van der Waals surface area contributed by atoms with Crippen LogP contribution in [0.1, 0.15) is 35.2 Å². The SMILES string of the molecule is NC(=O)c1ccc(C2(CCN3CCOCC3)CC2)cc1. The summed E-state index contributed by atoms with van der Waals surface area (Å²) in [6.45, 7) is 4.97. The lowest BCUT2D eigenvalue weighted by atomic mass is 9.91. The number of primary amides is 1. The van der Waals surface area contributed by atoms with Gasteiger partial charge < -0.3 is 10.5 Å². The molecule has 4 nitrogen and oxygen atoms in total. The van der Waals surface area contributed by atoms with Crippen LogP contribution < -0.4 is 5.73 Å². The van der Waals surface area contributed by atoms with Crippen molar-refractivity contribution in [3.63, 3.8) is 0 Å². The average Bonchev–Trinajstić information content (AvgIpc) is 3.28. The summed E-state index contributed by atoms with van der Waals surface area (Å²) in [5, 5.41) is 0. The number of nitrogens with zero attached hydrogens (tertiary/aromatic N) is 1. The molecular weight excluding hydrogens is 252 g/mol. The van der Waals surface area contributed by atoms with Crippen LogP contribution in [0.3, 0.4) is 0 Å². The number of amides is 1. The van der Waals surface area contributed by atoms with Crippen LogP contribution in [0.5, 0.6) is 0 Å². The Morgan fingerprint density at radius 2 is 1.85 bits per heavy atom. The molecule has 0 radical (unpaired) electrons. The number of hydrogen-bond donors (Lipinski definition) is 1. The van der Waals surface area contributed by atoms with Crippen LogP contribution >= 0.6 is 0 Å². The zero-order valence-corrected chi connectivity index (χ0v) is 11.8. The van der Waals surface area contributed by atoms with Crippen LogP contribution in [0.2, 0.25) is 0 Å². The molecule has 1 aromatic carbocycles. The smallest absolute Gasteiger partial charge is 0.248 e. The molecule has 1 amide bonds. The number of benzene rings is 1. The fourth-order valence-corrected chi connectivity index (χ4v) is 3.02. The van der Waals surface area contributed by atoms with Crippen LogP contribution in [0.15, 0.2) is 24.3 Å². The molecule has 2 fully saturated rings. The summed E-state index contributed by atoms with van der Waals surface area (Å²) in [5.74, 6) is -0.352. The summed E-state index contributed by atoms with van der Waals surface area (Å²) in [5.41, 5.74) is 7.58. The Labute approximate surface area is 119 Å². The van der Waals surface area contributed by atoms with Crippen LogP contribution in [0.4, 0.5) is 0 Å². The molecule has 20 heavy (non-hydrogen) atoms. The topological polar surface area (TPSA) is 55.6 Å². The Morgan fingerprint density at radius 1 is 1.20 bits per heavy atom. The van der Waals surface area contributed by atoms with Gasteiger partial charge in [0.1, 0.15) is 0 Å². The summed E-state index contributed by atoms with van der Waals surface area (Å²) in [6, 6.07) is 7.86. The first-order valence-corrected chi connectivity index (χ1v) is 7.40. The third-order valence-electron chi connectivity index (χ3n) is 4.65. The number of rotatable bonds is 5. The van der Waals surface area contributed by atoms with Gasteiger partial charge in [-0.15, -0.1) is 0 Å². The van der Waals surface area contributed by atoms with Crippen molar-refractivity contribution in [3.8, 4) is 0 Å². The number of carbonyl (C=O) groups excluding carboxylic acids is 1. The lowest BCUT2D eigenvalue weighted by molar-refractivity contribution is 0.0362. The molecule has 0 atom stereocenters. The van der Waals surface area contributed by atoms with E-state index in [4.69, 9.17) is 10.5 Å². The van der Waals surface area contributed by atoms with Gasteiger partial charge in [0.2, 0.25) is 5.91 Å². The second-order valence-corrected chi connectivity index (χ2v) is 5.93. The van der Waals surface area contributed by atoms with Crippen molar-refractivity contribution < 1.29 is 9.53 Å². The van der Waals surface area contributed by atoms with E-state index in [-0.39, 0.29) is 5.91 Å². The number of carbonyl (C=O) groups is 1. The minimum atomic E-state index is -0.352. The van der Waals surface area contributed by atoms with Gasteiger partial charge in [0.15, 0.2) is 0 Å². The molecule has 3 rings (SSSR count). The van der Waals surface area contributed by atoms with Crippen molar-refractivity contribution in [2.45, 2.75) is 24.7 Å². The maximum absolute atomic E-state index is 11.1. The van der Waals surface area contributed by atoms with Gasteiger partial charge in [-0.3, -0.25) is 9.69 Å². The zero-order chi connectivity index (χ0) is 14.0. The van der Waals surface area contributed by atoms with Crippen molar-refractivity contribution in [1.29, 1.82) is 0 Å². The molecular formula is C16H22N2O2. The fourth-order valence-electron chi connectivity index (χ4n) is 3.02. The Kier molecular flexibility index (Phi) is 3.76. The van der Waals surface area contributed by atoms with Crippen LogP contribution in [0.25, 0.3) is 0 Å². The Hall–Kier alpha value is -1.39. The Bertz CT molecular complexity index is 474. The third kappa shape index (κ3) is 2.86. The lowest BCUT2D eigenvalue weighted by Gasteiger charge is -2.28. The fraction of sp³-hybridized carbons (Fsp3) is 0.562. The second-order valence-electron chi connectivity index (χ2n) is 5.93. The van der Waals surface area contributed by atoms with Crippen LogP contribution in [0, 0.1) is 0 Å². The highest BCUT2D eigenvalue weighted by Gasteiger charge is 2.43. The van der Waals surface area contributed by atoms with Crippen molar-refractivity contribution in [3.05, 3.63) is 35.4 Å². The molecule has 0 unspecified atom stereocenters. The van der Waals surface area contributed by atoms with Gasteiger partial charge >= 0.3 is 0 Å². The second kappa shape index (κ2) is 5.54. The predicted octanol–water partition coefficient (Wildman–Crippen LogP) is 1.54. The summed E-state index contributed by atoms with van der Waals surface area (Å²) in [4.78, 5) is 13.6. The zero-order valence-electron chi connectivity index (χ0n) is 11.8. The summed E-state index contributed by atoms with van der Waals surface area (Å²) < 4.78 is 5.38. The molecule has 0 spiro atoms. The number of ether oxygens (including phenoxy) is 1. The highest BCUT2D eigenvalue weighted by Crippen LogP contribution is 2.51. The molecule has 1 aliphatic carbocycles. The van der Waals surface area contributed by atoms with Crippen molar-refractivity contribution >= 4 is 5.91 Å². The molecule has 108 valence electrons. The van der Waals surface area contributed by atoms with E-state index >= 15 is 0 Å². The largest absolute Gasteiger partial charge is 0.379 e. The first-order chi connectivity index (χ1) is 9.70. The van der Waals surface area contributed by atoms with Crippen molar-refractivity contribution in [1.82, 2.24) is 4.90 Å². The number of hydrogen-bond acceptors (Lipinski definition) is 3. The van der Waals surface area contributed by atoms with Gasteiger partial charge in [-0.1, -0.05) is 12.1 Å². The van der Waals surface area contributed by atoms with Gasteiger partial charge in [0.05, 0.1) is 13.2 Å². The average molecular weight is 274 g/mol. The molecule has 1 aliphatic heterocycles. The van der Waals surface area contributed by atoms with Gasteiger partial charge in [-0.05, 0) is 48.9 Å². The third-order valence-corrected chi connectivity index (χ3v) is 4.65. The lowest BCUT2D eigenvalue weighted by Crippen LogP contribution is -2.37.